The normalized spacial score (nSPS) is 28.9. The third kappa shape index (κ3) is 2.30. The first kappa shape index (κ1) is 12.0. The quantitative estimate of drug-likeness (QED) is 0.756. The van der Waals surface area contributed by atoms with E-state index in [-0.39, 0.29) is 29.9 Å². The lowest BCUT2D eigenvalue weighted by atomic mass is 10.0. The number of piperazine rings is 1. The minimum absolute atomic E-state index is 0.0306. The molecular weight excluding hydrogens is 192 g/mol. The molecule has 1 N–H and O–H groups in total. The molecule has 2 amide bonds. The Kier molecular flexibility index (Phi) is 3.72. The molecule has 0 bridgehead atoms. The highest BCUT2D eigenvalue weighted by Crippen LogP contribution is 2.16. The van der Waals surface area contributed by atoms with Gasteiger partial charge in [-0.05, 0) is 27.2 Å². The third-order valence-corrected chi connectivity index (χ3v) is 2.96. The van der Waals surface area contributed by atoms with Crippen molar-refractivity contribution in [2.24, 2.45) is 0 Å². The van der Waals surface area contributed by atoms with Gasteiger partial charge < -0.3 is 10.2 Å². The van der Waals surface area contributed by atoms with Gasteiger partial charge in [0.2, 0.25) is 11.8 Å². The highest BCUT2D eigenvalue weighted by molar-refractivity contribution is 5.96. The van der Waals surface area contributed by atoms with E-state index in [0.29, 0.717) is 0 Å². The maximum Gasteiger partial charge on any atom is 0.245 e. The van der Waals surface area contributed by atoms with E-state index < -0.39 is 0 Å². The van der Waals surface area contributed by atoms with Gasteiger partial charge in [-0.1, -0.05) is 13.3 Å². The van der Waals surface area contributed by atoms with Gasteiger partial charge in [-0.2, -0.15) is 0 Å². The Morgan fingerprint density at radius 3 is 2.53 bits per heavy atom. The lowest BCUT2D eigenvalue weighted by molar-refractivity contribution is -0.150. The number of carbonyl (C=O) groups is 2. The lowest BCUT2D eigenvalue weighted by Gasteiger charge is -2.40. The van der Waals surface area contributed by atoms with Crippen molar-refractivity contribution in [2.45, 2.75) is 58.7 Å². The molecule has 3 atom stereocenters. The van der Waals surface area contributed by atoms with Crippen LogP contribution < -0.4 is 5.32 Å². The molecule has 4 heteroatoms. The van der Waals surface area contributed by atoms with Crippen LogP contribution in [0.5, 0.6) is 0 Å². The van der Waals surface area contributed by atoms with E-state index in [1.165, 1.54) is 0 Å². The van der Waals surface area contributed by atoms with Gasteiger partial charge in [-0.15, -0.1) is 0 Å². The molecular formula is C11H20N2O2. The van der Waals surface area contributed by atoms with Crippen molar-refractivity contribution in [1.82, 2.24) is 10.2 Å². The number of nitrogens with one attached hydrogen (secondary N) is 1. The molecule has 0 aliphatic carbocycles. The Morgan fingerprint density at radius 2 is 2.00 bits per heavy atom. The fourth-order valence-electron chi connectivity index (χ4n) is 2.09. The Hall–Kier alpha value is -1.06. The van der Waals surface area contributed by atoms with Crippen molar-refractivity contribution < 1.29 is 9.59 Å². The Bertz CT molecular complexity index is 265. The predicted octanol–water partition coefficient (Wildman–Crippen LogP) is 0.910. The van der Waals surface area contributed by atoms with Gasteiger partial charge in [0.15, 0.2) is 0 Å². The van der Waals surface area contributed by atoms with E-state index in [9.17, 15) is 9.59 Å². The van der Waals surface area contributed by atoms with Crippen molar-refractivity contribution >= 4 is 11.8 Å². The average molecular weight is 212 g/mol. The summed E-state index contributed by atoms with van der Waals surface area (Å²) < 4.78 is 0. The minimum atomic E-state index is -0.381. The summed E-state index contributed by atoms with van der Waals surface area (Å²) in [6.45, 7) is 7.60. The monoisotopic (exact) mass is 212 g/mol. The van der Waals surface area contributed by atoms with Gasteiger partial charge in [0, 0.05) is 6.04 Å². The highest BCUT2D eigenvalue weighted by Gasteiger charge is 2.37. The van der Waals surface area contributed by atoms with Crippen molar-refractivity contribution in [3.63, 3.8) is 0 Å². The molecule has 0 aromatic carbocycles. The van der Waals surface area contributed by atoms with Gasteiger partial charge in [0.25, 0.3) is 0 Å². The maximum absolute atomic E-state index is 11.9. The summed E-state index contributed by atoms with van der Waals surface area (Å²) in [5, 5.41) is 2.68. The molecule has 1 rings (SSSR count). The highest BCUT2D eigenvalue weighted by atomic mass is 16.2. The fraction of sp³-hybridized carbons (Fsp3) is 0.818. The lowest BCUT2D eigenvalue weighted by Crippen LogP contribution is -2.63. The van der Waals surface area contributed by atoms with Gasteiger partial charge >= 0.3 is 0 Å². The van der Waals surface area contributed by atoms with Crippen molar-refractivity contribution in [2.75, 3.05) is 0 Å². The van der Waals surface area contributed by atoms with Gasteiger partial charge in [-0.3, -0.25) is 9.59 Å². The second kappa shape index (κ2) is 4.64. The predicted molar refractivity (Wildman–Crippen MR) is 58.3 cm³/mol. The van der Waals surface area contributed by atoms with Crippen molar-refractivity contribution in [3.8, 4) is 0 Å². The molecule has 15 heavy (non-hydrogen) atoms. The van der Waals surface area contributed by atoms with Crippen LogP contribution in [0.3, 0.4) is 0 Å². The largest absolute Gasteiger partial charge is 0.343 e. The zero-order valence-electron chi connectivity index (χ0n) is 9.91. The van der Waals surface area contributed by atoms with E-state index >= 15 is 0 Å². The summed E-state index contributed by atoms with van der Waals surface area (Å²) in [6, 6.07) is -0.575. The third-order valence-electron chi connectivity index (χ3n) is 2.96. The van der Waals surface area contributed by atoms with Crippen LogP contribution in [-0.4, -0.2) is 34.8 Å². The molecule has 86 valence electrons. The molecule has 0 saturated carbocycles. The summed E-state index contributed by atoms with van der Waals surface area (Å²) in [7, 11) is 0. The molecule has 1 fully saturated rings. The molecule has 4 nitrogen and oxygen atoms in total. The van der Waals surface area contributed by atoms with Crippen LogP contribution in [0.2, 0.25) is 0 Å². The molecule has 3 unspecified atom stereocenters. The van der Waals surface area contributed by atoms with Crippen molar-refractivity contribution in [3.05, 3.63) is 0 Å². The Labute approximate surface area is 91.0 Å². The number of carbonyl (C=O) groups excluding carboxylic acids is 2. The van der Waals surface area contributed by atoms with E-state index in [0.717, 1.165) is 12.8 Å². The number of hydrogen-bond acceptors (Lipinski definition) is 2. The van der Waals surface area contributed by atoms with E-state index in [1.54, 1.807) is 18.7 Å². The average Bonchev–Trinajstić information content (AvgIpc) is 2.16. The molecule has 1 saturated heterocycles. The zero-order valence-corrected chi connectivity index (χ0v) is 9.91. The Morgan fingerprint density at radius 1 is 1.40 bits per heavy atom. The molecule has 0 radical (unpaired) electrons. The van der Waals surface area contributed by atoms with Gasteiger partial charge in [0.05, 0.1) is 0 Å². The smallest absolute Gasteiger partial charge is 0.245 e. The first-order chi connectivity index (χ1) is 6.99. The summed E-state index contributed by atoms with van der Waals surface area (Å²) in [5.74, 6) is -0.0203. The number of rotatable bonds is 3. The second-order valence-corrected chi connectivity index (χ2v) is 4.29. The molecule has 0 spiro atoms. The number of hydrogen-bond donors (Lipinski definition) is 1. The van der Waals surface area contributed by atoms with Crippen LogP contribution in [0.25, 0.3) is 0 Å². The zero-order chi connectivity index (χ0) is 11.6. The molecule has 1 aliphatic heterocycles. The van der Waals surface area contributed by atoms with Crippen LogP contribution >= 0.6 is 0 Å². The van der Waals surface area contributed by atoms with Gasteiger partial charge in [0.1, 0.15) is 12.1 Å². The van der Waals surface area contributed by atoms with Crippen LogP contribution in [-0.2, 0) is 9.59 Å². The van der Waals surface area contributed by atoms with E-state index in [1.807, 2.05) is 6.92 Å². The number of nitrogens with zero attached hydrogens (tertiary/aromatic N) is 1. The maximum atomic E-state index is 11.9. The molecule has 1 heterocycles. The summed E-state index contributed by atoms with van der Waals surface area (Å²) in [4.78, 5) is 25.2. The summed E-state index contributed by atoms with van der Waals surface area (Å²) in [6.07, 6.45) is 1.96. The Balaban J connectivity index is 2.81. The first-order valence-electron chi connectivity index (χ1n) is 5.61. The second-order valence-electron chi connectivity index (χ2n) is 4.29. The fourth-order valence-corrected chi connectivity index (χ4v) is 2.09. The van der Waals surface area contributed by atoms with Crippen LogP contribution in [0.15, 0.2) is 0 Å². The molecule has 0 aromatic rings. The topological polar surface area (TPSA) is 49.4 Å². The van der Waals surface area contributed by atoms with Crippen LogP contribution in [0.1, 0.15) is 40.5 Å². The van der Waals surface area contributed by atoms with Crippen molar-refractivity contribution in [1.29, 1.82) is 0 Å². The summed E-state index contributed by atoms with van der Waals surface area (Å²) in [5.41, 5.74) is 0. The standard InChI is InChI=1S/C11H20N2O2/c1-5-6-7(2)13-9(4)10(14)12-8(3)11(13)15/h7-9H,5-6H2,1-4H3,(H,12,14). The van der Waals surface area contributed by atoms with E-state index in [4.69, 9.17) is 0 Å². The first-order valence-corrected chi connectivity index (χ1v) is 5.61. The molecule has 1 aliphatic rings. The van der Waals surface area contributed by atoms with E-state index in [2.05, 4.69) is 12.2 Å². The SMILES string of the molecule is CCCC(C)N1C(=O)C(C)NC(=O)C1C. The van der Waals surface area contributed by atoms with Crippen LogP contribution in [0, 0.1) is 0 Å². The summed E-state index contributed by atoms with van der Waals surface area (Å²) >= 11 is 0. The minimum Gasteiger partial charge on any atom is -0.343 e. The number of amides is 2. The van der Waals surface area contributed by atoms with Gasteiger partial charge in [-0.25, -0.2) is 0 Å². The molecule has 0 aromatic heterocycles. The van der Waals surface area contributed by atoms with Crippen LogP contribution in [0.4, 0.5) is 0 Å².